The number of halogens is 1. The molecule has 0 aromatic heterocycles. The predicted octanol–water partition coefficient (Wildman–Crippen LogP) is 4.56. The van der Waals surface area contributed by atoms with E-state index in [9.17, 15) is 9.59 Å². The zero-order chi connectivity index (χ0) is 18.7. The van der Waals surface area contributed by atoms with E-state index in [-0.39, 0.29) is 11.1 Å². The number of rotatable bonds is 6. The number of benzene rings is 2. The largest absolute Gasteiger partial charge is 0.493 e. The van der Waals surface area contributed by atoms with Crippen molar-refractivity contribution in [1.29, 1.82) is 0 Å². The molecule has 2 amide bonds. The molecule has 26 heavy (non-hydrogen) atoms. The molecule has 136 valence electrons. The summed E-state index contributed by atoms with van der Waals surface area (Å²) in [4.78, 5) is 26.3. The summed E-state index contributed by atoms with van der Waals surface area (Å²) < 4.78 is 10.9. The van der Waals surface area contributed by atoms with Crippen LogP contribution in [0.2, 0.25) is 5.02 Å². The number of thioether (sulfide) groups is 1. The number of carbonyl (C=O) groups excluding carboxylic acids is 2. The molecular weight excluding hydrogens is 374 g/mol. The van der Waals surface area contributed by atoms with Gasteiger partial charge in [-0.1, -0.05) is 35.5 Å². The van der Waals surface area contributed by atoms with E-state index in [0.29, 0.717) is 35.2 Å². The summed E-state index contributed by atoms with van der Waals surface area (Å²) >= 11 is 7.01. The number of imide groups is 1. The van der Waals surface area contributed by atoms with Crippen molar-refractivity contribution < 1.29 is 19.1 Å². The molecule has 0 aliphatic carbocycles. The SMILES string of the molecule is CCOc1cc(C[C@@H]2SC(=O)N(c3cccc(Cl)c3)C2=O)ccc1OC. The van der Waals surface area contributed by atoms with Gasteiger partial charge in [0.1, 0.15) is 0 Å². The summed E-state index contributed by atoms with van der Waals surface area (Å²) in [6.45, 7) is 2.40. The van der Waals surface area contributed by atoms with Crippen LogP contribution in [0.5, 0.6) is 11.5 Å². The molecule has 3 rings (SSSR count). The summed E-state index contributed by atoms with van der Waals surface area (Å²) in [5, 5.41) is -0.293. The van der Waals surface area contributed by atoms with E-state index in [1.807, 2.05) is 19.1 Å². The first-order valence-electron chi connectivity index (χ1n) is 8.13. The van der Waals surface area contributed by atoms with Gasteiger partial charge in [0.25, 0.3) is 5.24 Å². The molecule has 0 saturated carbocycles. The lowest BCUT2D eigenvalue weighted by Crippen LogP contribution is -2.32. The molecular formula is C19H18ClNO4S. The first-order chi connectivity index (χ1) is 12.5. The average Bonchev–Trinajstić information content (AvgIpc) is 2.89. The molecule has 2 aromatic rings. The van der Waals surface area contributed by atoms with Crippen LogP contribution in [0.25, 0.3) is 0 Å². The van der Waals surface area contributed by atoms with E-state index >= 15 is 0 Å². The topological polar surface area (TPSA) is 55.8 Å². The second-order valence-electron chi connectivity index (χ2n) is 5.65. The van der Waals surface area contributed by atoms with Gasteiger partial charge in [0, 0.05) is 5.02 Å². The molecule has 0 radical (unpaired) electrons. The van der Waals surface area contributed by atoms with Crippen LogP contribution in [0, 0.1) is 0 Å². The van der Waals surface area contributed by atoms with E-state index in [0.717, 1.165) is 17.3 Å². The Kier molecular flexibility index (Phi) is 5.74. The number of ether oxygens (including phenoxy) is 2. The van der Waals surface area contributed by atoms with Gasteiger partial charge < -0.3 is 9.47 Å². The summed E-state index contributed by atoms with van der Waals surface area (Å²) in [5.74, 6) is 1.02. The van der Waals surface area contributed by atoms with Crippen molar-refractivity contribution in [2.45, 2.75) is 18.6 Å². The lowest BCUT2D eigenvalue weighted by molar-refractivity contribution is -0.117. The van der Waals surface area contributed by atoms with Crippen LogP contribution in [-0.4, -0.2) is 30.1 Å². The van der Waals surface area contributed by atoms with Crippen LogP contribution in [0.1, 0.15) is 12.5 Å². The molecule has 1 fully saturated rings. The fraction of sp³-hybridized carbons (Fsp3) is 0.263. The fourth-order valence-electron chi connectivity index (χ4n) is 2.77. The zero-order valence-electron chi connectivity index (χ0n) is 14.4. The van der Waals surface area contributed by atoms with Crippen LogP contribution in [0.4, 0.5) is 10.5 Å². The third-order valence-electron chi connectivity index (χ3n) is 3.94. The Morgan fingerprint density at radius 3 is 2.65 bits per heavy atom. The maximum absolute atomic E-state index is 12.8. The lowest BCUT2D eigenvalue weighted by Gasteiger charge is -2.15. The molecule has 5 nitrogen and oxygen atoms in total. The van der Waals surface area contributed by atoms with Crippen LogP contribution < -0.4 is 14.4 Å². The number of nitrogens with zero attached hydrogens (tertiary/aromatic N) is 1. The Hall–Kier alpha value is -2.18. The summed E-state index contributed by atoms with van der Waals surface area (Å²) in [6.07, 6.45) is 0.427. The first-order valence-corrected chi connectivity index (χ1v) is 9.39. The molecule has 0 spiro atoms. The van der Waals surface area contributed by atoms with Crippen molar-refractivity contribution in [3.63, 3.8) is 0 Å². The van der Waals surface area contributed by atoms with Gasteiger partial charge in [0.15, 0.2) is 11.5 Å². The van der Waals surface area contributed by atoms with Crippen LogP contribution in [0.15, 0.2) is 42.5 Å². The Bertz CT molecular complexity index is 842. The van der Waals surface area contributed by atoms with Crippen molar-refractivity contribution in [2.24, 2.45) is 0 Å². The first kappa shape index (κ1) is 18.6. The monoisotopic (exact) mass is 391 g/mol. The molecule has 1 heterocycles. The van der Waals surface area contributed by atoms with Gasteiger partial charge in [-0.25, -0.2) is 4.90 Å². The molecule has 1 aliphatic rings. The van der Waals surface area contributed by atoms with Gasteiger partial charge in [0.05, 0.1) is 24.7 Å². The number of hydrogen-bond donors (Lipinski definition) is 0. The second-order valence-corrected chi connectivity index (χ2v) is 7.24. The van der Waals surface area contributed by atoms with Gasteiger partial charge in [-0.3, -0.25) is 9.59 Å². The van der Waals surface area contributed by atoms with E-state index < -0.39 is 5.25 Å². The third-order valence-corrected chi connectivity index (χ3v) is 5.21. The number of carbonyl (C=O) groups is 2. The Morgan fingerprint density at radius 2 is 1.96 bits per heavy atom. The maximum Gasteiger partial charge on any atom is 0.293 e. The van der Waals surface area contributed by atoms with Crippen molar-refractivity contribution in [2.75, 3.05) is 18.6 Å². The fourth-order valence-corrected chi connectivity index (χ4v) is 3.98. The van der Waals surface area contributed by atoms with Crippen molar-refractivity contribution in [1.82, 2.24) is 0 Å². The van der Waals surface area contributed by atoms with E-state index in [1.54, 1.807) is 37.4 Å². The van der Waals surface area contributed by atoms with Crippen LogP contribution in [-0.2, 0) is 11.2 Å². The van der Waals surface area contributed by atoms with Gasteiger partial charge in [-0.2, -0.15) is 0 Å². The van der Waals surface area contributed by atoms with Crippen molar-refractivity contribution >= 4 is 40.2 Å². The van der Waals surface area contributed by atoms with Crippen molar-refractivity contribution in [3.05, 3.63) is 53.1 Å². The Balaban J connectivity index is 1.80. The third kappa shape index (κ3) is 3.81. The number of anilines is 1. The second kappa shape index (κ2) is 8.01. The highest BCUT2D eigenvalue weighted by molar-refractivity contribution is 8.15. The molecule has 0 bridgehead atoms. The Morgan fingerprint density at radius 1 is 1.15 bits per heavy atom. The molecule has 1 aliphatic heterocycles. The lowest BCUT2D eigenvalue weighted by atomic mass is 10.1. The van der Waals surface area contributed by atoms with Gasteiger partial charge >= 0.3 is 0 Å². The van der Waals surface area contributed by atoms with Gasteiger partial charge in [-0.05, 0) is 49.2 Å². The van der Waals surface area contributed by atoms with Gasteiger partial charge in [-0.15, -0.1) is 0 Å². The quantitative estimate of drug-likeness (QED) is 0.722. The highest BCUT2D eigenvalue weighted by atomic mass is 35.5. The molecule has 0 unspecified atom stereocenters. The predicted molar refractivity (Wildman–Crippen MR) is 104 cm³/mol. The normalized spacial score (nSPS) is 16.9. The number of methoxy groups -OCH3 is 1. The molecule has 2 aromatic carbocycles. The highest BCUT2D eigenvalue weighted by Crippen LogP contribution is 2.36. The average molecular weight is 392 g/mol. The highest BCUT2D eigenvalue weighted by Gasteiger charge is 2.40. The minimum atomic E-state index is -0.482. The van der Waals surface area contributed by atoms with E-state index in [2.05, 4.69) is 0 Å². The summed E-state index contributed by atoms with van der Waals surface area (Å²) in [5.41, 5.74) is 1.40. The van der Waals surface area contributed by atoms with E-state index in [4.69, 9.17) is 21.1 Å². The van der Waals surface area contributed by atoms with Gasteiger partial charge in [0.2, 0.25) is 5.91 Å². The molecule has 1 atom stereocenters. The molecule has 0 N–H and O–H groups in total. The summed E-state index contributed by atoms with van der Waals surface area (Å²) in [6, 6.07) is 12.3. The zero-order valence-corrected chi connectivity index (χ0v) is 16.0. The van der Waals surface area contributed by atoms with Crippen LogP contribution in [0.3, 0.4) is 0 Å². The Labute approximate surface area is 161 Å². The van der Waals surface area contributed by atoms with Crippen molar-refractivity contribution in [3.8, 4) is 11.5 Å². The minimum Gasteiger partial charge on any atom is -0.493 e. The number of hydrogen-bond acceptors (Lipinski definition) is 5. The smallest absolute Gasteiger partial charge is 0.293 e. The minimum absolute atomic E-state index is 0.240. The molecule has 7 heteroatoms. The summed E-state index contributed by atoms with van der Waals surface area (Å²) in [7, 11) is 1.58. The maximum atomic E-state index is 12.8. The van der Waals surface area contributed by atoms with E-state index in [1.165, 1.54) is 4.90 Å². The standard InChI is InChI=1S/C19H18ClNO4S/c1-3-25-16-9-12(7-8-15(16)24-2)10-17-18(22)21(19(23)26-17)14-6-4-5-13(20)11-14/h4-9,11,17H,3,10H2,1-2H3/t17-/m0/s1. The van der Waals surface area contributed by atoms with Crippen LogP contribution >= 0.6 is 23.4 Å². The molecule has 1 saturated heterocycles. The number of amides is 2.